The van der Waals surface area contributed by atoms with Crippen LogP contribution in [0.5, 0.6) is 0 Å². The molecule has 1 unspecified atom stereocenters. The fourth-order valence-electron chi connectivity index (χ4n) is 1.39. The van der Waals surface area contributed by atoms with E-state index in [0.717, 1.165) is 16.5 Å². The summed E-state index contributed by atoms with van der Waals surface area (Å²) >= 11 is 3.36. The fourth-order valence-corrected chi connectivity index (χ4v) is 1.65. The molecule has 0 saturated heterocycles. The van der Waals surface area contributed by atoms with Crippen molar-refractivity contribution in [2.24, 2.45) is 11.7 Å². The molecule has 1 rings (SSSR count). The van der Waals surface area contributed by atoms with Crippen molar-refractivity contribution in [1.29, 1.82) is 0 Å². The minimum atomic E-state index is 0.0682. The van der Waals surface area contributed by atoms with E-state index in [9.17, 15) is 4.79 Å². The van der Waals surface area contributed by atoms with Crippen molar-refractivity contribution in [3.05, 3.63) is 34.3 Å². The Morgan fingerprint density at radius 3 is 2.53 bits per heavy atom. The lowest BCUT2D eigenvalue weighted by Crippen LogP contribution is -2.17. The van der Waals surface area contributed by atoms with Gasteiger partial charge >= 0.3 is 0 Å². The van der Waals surface area contributed by atoms with E-state index in [1.54, 1.807) is 0 Å². The van der Waals surface area contributed by atoms with E-state index in [2.05, 4.69) is 15.9 Å². The molecule has 3 heteroatoms. The first-order valence-corrected chi connectivity index (χ1v) is 5.90. The first-order valence-electron chi connectivity index (χ1n) is 5.10. The molecule has 0 aliphatic carbocycles. The van der Waals surface area contributed by atoms with Crippen LogP contribution in [0.25, 0.3) is 0 Å². The largest absolute Gasteiger partial charge is 0.330 e. The van der Waals surface area contributed by atoms with Gasteiger partial charge < -0.3 is 5.73 Å². The number of halogens is 1. The summed E-state index contributed by atoms with van der Waals surface area (Å²) in [6.07, 6.45) is 1.28. The summed E-state index contributed by atoms with van der Waals surface area (Å²) in [7, 11) is 0. The maximum absolute atomic E-state index is 11.7. The van der Waals surface area contributed by atoms with Crippen molar-refractivity contribution in [3.63, 3.8) is 0 Å². The van der Waals surface area contributed by atoms with Crippen molar-refractivity contribution in [3.8, 4) is 0 Å². The monoisotopic (exact) mass is 269 g/mol. The van der Waals surface area contributed by atoms with Crippen LogP contribution in [0.4, 0.5) is 0 Å². The molecule has 1 aromatic rings. The van der Waals surface area contributed by atoms with Gasteiger partial charge in [0.25, 0.3) is 0 Å². The Labute approximate surface area is 99.0 Å². The number of carbonyl (C=O) groups is 1. The molecule has 2 nitrogen and oxygen atoms in total. The SMILES string of the molecule is CC(CCN)C(=O)Cc1ccc(Br)cc1. The highest BCUT2D eigenvalue weighted by molar-refractivity contribution is 9.10. The molecule has 0 fully saturated rings. The molecule has 0 bridgehead atoms. The second-order valence-electron chi connectivity index (χ2n) is 3.75. The zero-order valence-corrected chi connectivity index (χ0v) is 10.5. The summed E-state index contributed by atoms with van der Waals surface area (Å²) in [5, 5.41) is 0. The average Bonchev–Trinajstić information content (AvgIpc) is 2.22. The Kier molecular flexibility index (Phi) is 4.99. The molecule has 82 valence electrons. The molecular formula is C12H16BrNO. The van der Waals surface area contributed by atoms with E-state index in [-0.39, 0.29) is 11.7 Å². The first-order chi connectivity index (χ1) is 7.13. The Morgan fingerprint density at radius 2 is 2.00 bits per heavy atom. The fraction of sp³-hybridized carbons (Fsp3) is 0.417. The Balaban J connectivity index is 2.54. The Hall–Kier alpha value is -0.670. The van der Waals surface area contributed by atoms with E-state index < -0.39 is 0 Å². The van der Waals surface area contributed by atoms with E-state index >= 15 is 0 Å². The zero-order valence-electron chi connectivity index (χ0n) is 8.87. The Bertz CT molecular complexity index is 321. The molecular weight excluding hydrogens is 254 g/mol. The van der Waals surface area contributed by atoms with Gasteiger partial charge in [-0.05, 0) is 30.7 Å². The summed E-state index contributed by atoms with van der Waals surface area (Å²) in [6.45, 7) is 2.52. The molecule has 0 aliphatic heterocycles. The minimum absolute atomic E-state index is 0.0682. The number of Topliss-reactive ketones (excluding diaryl/α,β-unsaturated/α-hetero) is 1. The predicted octanol–water partition coefficient (Wildman–Crippen LogP) is 2.55. The van der Waals surface area contributed by atoms with Gasteiger partial charge in [-0.2, -0.15) is 0 Å². The van der Waals surface area contributed by atoms with Crippen molar-refractivity contribution >= 4 is 21.7 Å². The van der Waals surface area contributed by atoms with Crippen molar-refractivity contribution in [1.82, 2.24) is 0 Å². The predicted molar refractivity (Wildman–Crippen MR) is 65.7 cm³/mol. The van der Waals surface area contributed by atoms with Crippen molar-refractivity contribution in [2.75, 3.05) is 6.54 Å². The molecule has 0 aliphatic rings. The van der Waals surface area contributed by atoms with Gasteiger partial charge in [-0.3, -0.25) is 4.79 Å². The average molecular weight is 270 g/mol. The summed E-state index contributed by atoms with van der Waals surface area (Å²) < 4.78 is 1.04. The Morgan fingerprint density at radius 1 is 1.40 bits per heavy atom. The van der Waals surface area contributed by atoms with Crippen LogP contribution in [0.3, 0.4) is 0 Å². The van der Waals surface area contributed by atoms with E-state index in [4.69, 9.17) is 5.73 Å². The third kappa shape index (κ3) is 4.14. The van der Waals surface area contributed by atoms with Crippen molar-refractivity contribution < 1.29 is 4.79 Å². The van der Waals surface area contributed by atoms with E-state index in [1.807, 2.05) is 31.2 Å². The lowest BCUT2D eigenvalue weighted by molar-refractivity contribution is -0.121. The third-order valence-corrected chi connectivity index (χ3v) is 2.97. The van der Waals surface area contributed by atoms with Crippen LogP contribution in [-0.4, -0.2) is 12.3 Å². The maximum atomic E-state index is 11.7. The highest BCUT2D eigenvalue weighted by Crippen LogP contribution is 2.13. The number of ketones is 1. The van der Waals surface area contributed by atoms with Gasteiger partial charge in [0.05, 0.1) is 0 Å². The molecule has 0 radical (unpaired) electrons. The lowest BCUT2D eigenvalue weighted by Gasteiger charge is -2.08. The normalized spacial score (nSPS) is 12.5. The quantitative estimate of drug-likeness (QED) is 0.893. The number of hydrogen-bond acceptors (Lipinski definition) is 2. The standard InChI is InChI=1S/C12H16BrNO/c1-9(6-7-14)12(15)8-10-2-4-11(13)5-3-10/h2-5,9H,6-8,14H2,1H3. The number of rotatable bonds is 5. The molecule has 0 heterocycles. The number of hydrogen-bond donors (Lipinski definition) is 1. The van der Waals surface area contributed by atoms with Crippen molar-refractivity contribution in [2.45, 2.75) is 19.8 Å². The summed E-state index contributed by atoms with van der Waals surface area (Å²) in [5.41, 5.74) is 6.48. The summed E-state index contributed by atoms with van der Waals surface area (Å²) in [5.74, 6) is 0.335. The topological polar surface area (TPSA) is 43.1 Å². The van der Waals surface area contributed by atoms with Gasteiger partial charge in [-0.25, -0.2) is 0 Å². The third-order valence-electron chi connectivity index (χ3n) is 2.44. The van der Waals surface area contributed by atoms with Gasteiger partial charge in [0, 0.05) is 16.8 Å². The van der Waals surface area contributed by atoms with Crippen LogP contribution in [0.15, 0.2) is 28.7 Å². The number of benzene rings is 1. The highest BCUT2D eigenvalue weighted by Gasteiger charge is 2.12. The molecule has 15 heavy (non-hydrogen) atoms. The van der Waals surface area contributed by atoms with Gasteiger partial charge in [0.15, 0.2) is 0 Å². The van der Waals surface area contributed by atoms with Crippen LogP contribution in [0.1, 0.15) is 18.9 Å². The molecule has 0 amide bonds. The smallest absolute Gasteiger partial charge is 0.140 e. The second kappa shape index (κ2) is 6.03. The summed E-state index contributed by atoms with van der Waals surface area (Å²) in [6, 6.07) is 7.85. The number of nitrogens with two attached hydrogens (primary N) is 1. The van der Waals surface area contributed by atoms with Gasteiger partial charge in [0.1, 0.15) is 5.78 Å². The van der Waals surface area contributed by atoms with Crippen LogP contribution in [0, 0.1) is 5.92 Å². The van der Waals surface area contributed by atoms with Crippen LogP contribution < -0.4 is 5.73 Å². The zero-order chi connectivity index (χ0) is 11.3. The summed E-state index contributed by atoms with van der Waals surface area (Å²) in [4.78, 5) is 11.7. The minimum Gasteiger partial charge on any atom is -0.330 e. The first kappa shape index (κ1) is 12.4. The molecule has 0 spiro atoms. The lowest BCUT2D eigenvalue weighted by atomic mass is 9.97. The second-order valence-corrected chi connectivity index (χ2v) is 4.66. The molecule has 0 aromatic heterocycles. The number of carbonyl (C=O) groups excluding carboxylic acids is 1. The molecule has 1 aromatic carbocycles. The molecule has 0 saturated carbocycles. The van der Waals surface area contributed by atoms with Crippen LogP contribution >= 0.6 is 15.9 Å². The molecule has 2 N–H and O–H groups in total. The maximum Gasteiger partial charge on any atom is 0.140 e. The molecule has 1 atom stereocenters. The van der Waals surface area contributed by atoms with Gasteiger partial charge in [-0.1, -0.05) is 35.0 Å². The van der Waals surface area contributed by atoms with Crippen LogP contribution in [-0.2, 0) is 11.2 Å². The van der Waals surface area contributed by atoms with Crippen LogP contribution in [0.2, 0.25) is 0 Å². The van der Waals surface area contributed by atoms with E-state index in [0.29, 0.717) is 13.0 Å². The highest BCUT2D eigenvalue weighted by atomic mass is 79.9. The van der Waals surface area contributed by atoms with E-state index in [1.165, 1.54) is 0 Å². The van der Waals surface area contributed by atoms with Gasteiger partial charge in [-0.15, -0.1) is 0 Å². The van der Waals surface area contributed by atoms with Gasteiger partial charge in [0.2, 0.25) is 0 Å².